The van der Waals surface area contributed by atoms with Gasteiger partial charge in [0.25, 0.3) is 5.89 Å². The first-order chi connectivity index (χ1) is 10.6. The minimum Gasteiger partial charge on any atom is -0.496 e. The maximum Gasteiger partial charge on any atom is 0.261 e. The predicted octanol–water partition coefficient (Wildman–Crippen LogP) is 2.52. The summed E-state index contributed by atoms with van der Waals surface area (Å²) in [4.78, 5) is 4.43. The van der Waals surface area contributed by atoms with Crippen LogP contribution >= 0.6 is 12.4 Å². The second kappa shape index (κ2) is 6.64. The third kappa shape index (κ3) is 2.94. The van der Waals surface area contributed by atoms with E-state index in [1.807, 2.05) is 0 Å². The van der Waals surface area contributed by atoms with Gasteiger partial charge in [-0.2, -0.15) is 4.98 Å². The van der Waals surface area contributed by atoms with E-state index in [-0.39, 0.29) is 12.4 Å². The maximum absolute atomic E-state index is 6.23. The van der Waals surface area contributed by atoms with Crippen molar-refractivity contribution in [2.24, 2.45) is 5.73 Å². The van der Waals surface area contributed by atoms with Crippen LogP contribution in [0, 0.1) is 0 Å². The fourth-order valence-corrected chi connectivity index (χ4v) is 2.51. The Hall–Kier alpha value is -1.99. The van der Waals surface area contributed by atoms with Crippen molar-refractivity contribution < 1.29 is 18.7 Å². The molecule has 23 heavy (non-hydrogen) atoms. The lowest BCUT2D eigenvalue weighted by Gasteiger charge is -2.34. The lowest BCUT2D eigenvalue weighted by Crippen LogP contribution is -2.44. The van der Waals surface area contributed by atoms with Gasteiger partial charge >= 0.3 is 0 Å². The number of benzene rings is 1. The molecule has 0 bridgehead atoms. The van der Waals surface area contributed by atoms with Gasteiger partial charge in [-0.25, -0.2) is 0 Å². The van der Waals surface area contributed by atoms with Gasteiger partial charge in [0, 0.05) is 12.1 Å². The van der Waals surface area contributed by atoms with Crippen LogP contribution in [0.3, 0.4) is 0 Å². The van der Waals surface area contributed by atoms with Crippen molar-refractivity contribution in [3.8, 4) is 28.7 Å². The number of hydrogen-bond donors (Lipinski definition) is 1. The number of methoxy groups -OCH3 is 3. The van der Waals surface area contributed by atoms with Crippen molar-refractivity contribution in [2.45, 2.75) is 24.8 Å². The summed E-state index contributed by atoms with van der Waals surface area (Å²) in [5, 5.41) is 4.02. The van der Waals surface area contributed by atoms with Gasteiger partial charge in [0.2, 0.25) is 0 Å². The molecule has 2 N–H and O–H groups in total. The predicted molar refractivity (Wildman–Crippen MR) is 86.4 cm³/mol. The number of rotatable bonds is 5. The zero-order valence-electron chi connectivity index (χ0n) is 13.3. The second-order valence-electron chi connectivity index (χ2n) is 5.34. The summed E-state index contributed by atoms with van der Waals surface area (Å²) in [5.74, 6) is 2.57. The molecule has 0 radical (unpaired) electrons. The first-order valence-electron chi connectivity index (χ1n) is 7.05. The van der Waals surface area contributed by atoms with Crippen LogP contribution in [0.25, 0.3) is 11.5 Å². The average molecular weight is 342 g/mol. The summed E-state index contributed by atoms with van der Waals surface area (Å²) in [7, 11) is 4.70. The van der Waals surface area contributed by atoms with Crippen LogP contribution in [0.1, 0.15) is 25.1 Å². The summed E-state index contributed by atoms with van der Waals surface area (Å²) in [6.07, 6.45) is 2.82. The average Bonchev–Trinajstić information content (AvgIpc) is 3.01. The number of aromatic nitrogens is 2. The second-order valence-corrected chi connectivity index (χ2v) is 5.34. The number of nitrogens with zero attached hydrogens (tertiary/aromatic N) is 2. The van der Waals surface area contributed by atoms with E-state index in [0.717, 1.165) is 19.3 Å². The largest absolute Gasteiger partial charge is 0.496 e. The zero-order chi connectivity index (χ0) is 15.7. The van der Waals surface area contributed by atoms with E-state index in [0.29, 0.717) is 34.5 Å². The summed E-state index contributed by atoms with van der Waals surface area (Å²) < 4.78 is 21.3. The monoisotopic (exact) mass is 341 g/mol. The third-order valence-corrected chi connectivity index (χ3v) is 4.05. The molecule has 8 heteroatoms. The van der Waals surface area contributed by atoms with Crippen LogP contribution in [0.2, 0.25) is 0 Å². The van der Waals surface area contributed by atoms with Crippen LogP contribution in [0.5, 0.6) is 17.2 Å². The first kappa shape index (κ1) is 17.4. The van der Waals surface area contributed by atoms with E-state index < -0.39 is 5.54 Å². The fourth-order valence-electron chi connectivity index (χ4n) is 2.51. The van der Waals surface area contributed by atoms with Crippen molar-refractivity contribution >= 4 is 12.4 Å². The van der Waals surface area contributed by atoms with Crippen LogP contribution in [0.4, 0.5) is 0 Å². The molecule has 1 aliphatic carbocycles. The first-order valence-corrected chi connectivity index (χ1v) is 7.05. The van der Waals surface area contributed by atoms with Crippen molar-refractivity contribution in [3.63, 3.8) is 0 Å². The minimum atomic E-state index is -0.467. The summed E-state index contributed by atoms with van der Waals surface area (Å²) in [5.41, 5.74) is 6.40. The Morgan fingerprint density at radius 1 is 1.04 bits per heavy atom. The van der Waals surface area contributed by atoms with E-state index in [4.69, 9.17) is 24.5 Å². The van der Waals surface area contributed by atoms with Crippen LogP contribution < -0.4 is 19.9 Å². The van der Waals surface area contributed by atoms with Gasteiger partial charge in [-0.05, 0) is 19.3 Å². The molecule has 126 valence electrons. The molecule has 0 spiro atoms. The molecule has 0 unspecified atom stereocenters. The molecule has 7 nitrogen and oxygen atoms in total. The quantitative estimate of drug-likeness (QED) is 0.893. The van der Waals surface area contributed by atoms with Crippen molar-refractivity contribution in [2.75, 3.05) is 21.3 Å². The standard InChI is InChI=1S/C15H19N3O4.ClH/c1-19-10-8-12(21-3)11(20-2)7-9(10)13-17-14(18-22-13)15(16)5-4-6-15;/h7-8H,4-6,16H2,1-3H3;1H. The summed E-state index contributed by atoms with van der Waals surface area (Å²) >= 11 is 0. The van der Waals surface area contributed by atoms with Crippen molar-refractivity contribution in [1.29, 1.82) is 0 Å². The highest BCUT2D eigenvalue weighted by Gasteiger charge is 2.39. The van der Waals surface area contributed by atoms with Crippen LogP contribution in [-0.2, 0) is 5.54 Å². The Bertz CT molecular complexity index is 685. The molecule has 0 saturated heterocycles. The van der Waals surface area contributed by atoms with E-state index in [1.54, 1.807) is 33.5 Å². The van der Waals surface area contributed by atoms with E-state index in [2.05, 4.69) is 10.1 Å². The molecule has 1 aliphatic rings. The molecule has 0 aliphatic heterocycles. The lowest BCUT2D eigenvalue weighted by molar-refractivity contribution is 0.229. The van der Waals surface area contributed by atoms with E-state index >= 15 is 0 Å². The van der Waals surface area contributed by atoms with Crippen LogP contribution in [-0.4, -0.2) is 31.5 Å². The Morgan fingerprint density at radius 2 is 1.65 bits per heavy atom. The molecule has 2 aromatic rings. The fraction of sp³-hybridized carbons (Fsp3) is 0.467. The lowest BCUT2D eigenvalue weighted by atomic mass is 9.77. The topological polar surface area (TPSA) is 92.6 Å². The van der Waals surface area contributed by atoms with Gasteiger partial charge in [0.15, 0.2) is 17.3 Å². The summed E-state index contributed by atoms with van der Waals surface area (Å²) in [6, 6.07) is 3.47. The molecule has 0 atom stereocenters. The molecule has 1 aromatic heterocycles. The Morgan fingerprint density at radius 3 is 2.17 bits per heavy atom. The molecule has 0 amide bonds. The zero-order valence-corrected chi connectivity index (χ0v) is 14.1. The molecule has 1 fully saturated rings. The highest BCUT2D eigenvalue weighted by molar-refractivity contribution is 5.85. The number of halogens is 1. The number of ether oxygens (including phenoxy) is 3. The van der Waals surface area contributed by atoms with E-state index in [1.165, 1.54) is 0 Å². The highest BCUT2D eigenvalue weighted by atomic mass is 35.5. The maximum atomic E-state index is 6.23. The molecular weight excluding hydrogens is 322 g/mol. The van der Waals surface area contributed by atoms with E-state index in [9.17, 15) is 0 Å². The Labute approximate surface area is 140 Å². The number of nitrogens with two attached hydrogens (primary N) is 1. The molecule has 1 aromatic carbocycles. The smallest absolute Gasteiger partial charge is 0.261 e. The van der Waals surface area contributed by atoms with Gasteiger partial charge in [-0.3, -0.25) is 0 Å². The highest BCUT2D eigenvalue weighted by Crippen LogP contribution is 2.41. The molecule has 3 rings (SSSR count). The molecular formula is C15H20ClN3O4. The van der Waals surface area contributed by atoms with Crippen LogP contribution in [0.15, 0.2) is 16.7 Å². The SMILES string of the molecule is COc1cc(OC)c(-c2nc(C3(N)CCC3)no2)cc1OC.Cl. The van der Waals surface area contributed by atoms with Gasteiger partial charge in [0.1, 0.15) is 5.75 Å². The minimum absolute atomic E-state index is 0. The van der Waals surface area contributed by atoms with Gasteiger partial charge < -0.3 is 24.5 Å². The van der Waals surface area contributed by atoms with Gasteiger partial charge in [0.05, 0.1) is 32.4 Å². The number of hydrogen-bond acceptors (Lipinski definition) is 7. The molecule has 1 heterocycles. The van der Waals surface area contributed by atoms with Crippen molar-refractivity contribution in [1.82, 2.24) is 10.1 Å². The van der Waals surface area contributed by atoms with Gasteiger partial charge in [-0.1, -0.05) is 5.16 Å². The van der Waals surface area contributed by atoms with Gasteiger partial charge in [-0.15, -0.1) is 12.4 Å². The Balaban J connectivity index is 0.00000192. The van der Waals surface area contributed by atoms with Crippen molar-refractivity contribution in [3.05, 3.63) is 18.0 Å². The Kier molecular flexibility index (Phi) is 5.01. The summed E-state index contributed by atoms with van der Waals surface area (Å²) in [6.45, 7) is 0. The molecule has 1 saturated carbocycles. The third-order valence-electron chi connectivity index (χ3n) is 4.05. The normalized spacial score (nSPS) is 15.3.